The van der Waals surface area contributed by atoms with Gasteiger partial charge >= 0.3 is 0 Å². The third-order valence-electron chi connectivity index (χ3n) is 4.06. The van der Waals surface area contributed by atoms with Crippen molar-refractivity contribution in [3.63, 3.8) is 0 Å². The molecule has 0 amide bonds. The molecule has 2 heterocycles. The molecule has 1 N–H and O–H groups in total. The molecule has 1 atom stereocenters. The number of sulfonamides is 1. The highest BCUT2D eigenvalue weighted by molar-refractivity contribution is 7.89. The van der Waals surface area contributed by atoms with Crippen LogP contribution in [-0.2, 0) is 10.0 Å². The van der Waals surface area contributed by atoms with Crippen molar-refractivity contribution in [1.82, 2.24) is 19.2 Å². The van der Waals surface area contributed by atoms with Gasteiger partial charge in [0.15, 0.2) is 0 Å². The van der Waals surface area contributed by atoms with Gasteiger partial charge in [-0.3, -0.25) is 4.79 Å². The first-order valence-electron chi connectivity index (χ1n) is 7.55. The minimum absolute atomic E-state index is 0.126. The molecule has 22 heavy (non-hydrogen) atoms. The van der Waals surface area contributed by atoms with E-state index in [-0.39, 0.29) is 17.2 Å². The van der Waals surface area contributed by atoms with Gasteiger partial charge in [-0.2, -0.15) is 0 Å². The monoisotopic (exact) mass is 328 g/mol. The van der Waals surface area contributed by atoms with Crippen LogP contribution in [0.15, 0.2) is 17.2 Å². The SMILES string of the molecule is CN(C)S(=O)(=O)CCCN1CCC[C@H](c2cc(=O)[nH]cn2)C1. The fourth-order valence-electron chi connectivity index (χ4n) is 2.76. The van der Waals surface area contributed by atoms with Crippen LogP contribution in [0.5, 0.6) is 0 Å². The van der Waals surface area contributed by atoms with Crippen LogP contribution in [0, 0.1) is 0 Å². The quantitative estimate of drug-likeness (QED) is 0.808. The van der Waals surface area contributed by atoms with Crippen molar-refractivity contribution >= 4 is 10.0 Å². The van der Waals surface area contributed by atoms with Crippen molar-refractivity contribution in [2.24, 2.45) is 0 Å². The maximum absolute atomic E-state index is 11.8. The summed E-state index contributed by atoms with van der Waals surface area (Å²) in [5, 5.41) is 0. The highest BCUT2D eigenvalue weighted by Gasteiger charge is 2.23. The molecule has 124 valence electrons. The van der Waals surface area contributed by atoms with Crippen LogP contribution in [0.25, 0.3) is 0 Å². The molecular weight excluding hydrogens is 304 g/mol. The normalized spacial score (nSPS) is 20.4. The average Bonchev–Trinajstić information content (AvgIpc) is 2.47. The van der Waals surface area contributed by atoms with Crippen LogP contribution < -0.4 is 5.56 Å². The zero-order chi connectivity index (χ0) is 16.2. The van der Waals surface area contributed by atoms with Gasteiger partial charge in [0.1, 0.15) is 0 Å². The Balaban J connectivity index is 1.87. The summed E-state index contributed by atoms with van der Waals surface area (Å²) < 4.78 is 24.8. The summed E-state index contributed by atoms with van der Waals surface area (Å²) in [4.78, 5) is 20.4. The minimum Gasteiger partial charge on any atom is -0.313 e. The van der Waals surface area contributed by atoms with Crippen molar-refractivity contribution in [2.75, 3.05) is 39.5 Å². The molecule has 1 aromatic rings. The lowest BCUT2D eigenvalue weighted by Crippen LogP contribution is -2.37. The number of nitrogens with one attached hydrogen (secondary N) is 1. The van der Waals surface area contributed by atoms with E-state index in [1.54, 1.807) is 20.2 Å². The molecule has 1 aromatic heterocycles. The third-order valence-corrected chi connectivity index (χ3v) is 5.97. The van der Waals surface area contributed by atoms with Crippen LogP contribution >= 0.6 is 0 Å². The standard InChI is InChI=1S/C14H24N4O3S/c1-17(2)22(20,21)8-4-7-18-6-3-5-12(10-18)13-9-14(19)16-11-15-13/h9,11-12H,3-8,10H2,1-2H3,(H,15,16,19)/t12-/m0/s1. The Morgan fingerprint density at radius 2 is 2.23 bits per heavy atom. The molecule has 0 spiro atoms. The van der Waals surface area contributed by atoms with Gasteiger partial charge in [-0.15, -0.1) is 0 Å². The summed E-state index contributed by atoms with van der Waals surface area (Å²) in [5.41, 5.74) is 0.702. The number of hydrogen-bond acceptors (Lipinski definition) is 5. The molecular formula is C14H24N4O3S. The minimum atomic E-state index is -3.12. The van der Waals surface area contributed by atoms with Crippen molar-refractivity contribution < 1.29 is 8.42 Å². The van der Waals surface area contributed by atoms with E-state index in [2.05, 4.69) is 14.9 Å². The molecule has 8 heteroatoms. The van der Waals surface area contributed by atoms with Gasteiger partial charge in [-0.25, -0.2) is 17.7 Å². The van der Waals surface area contributed by atoms with Crippen LogP contribution in [-0.4, -0.2) is 67.1 Å². The summed E-state index contributed by atoms with van der Waals surface area (Å²) in [6.07, 6.45) is 4.12. The highest BCUT2D eigenvalue weighted by atomic mass is 32.2. The molecule has 1 saturated heterocycles. The van der Waals surface area contributed by atoms with E-state index >= 15 is 0 Å². The van der Waals surface area contributed by atoms with Crippen LogP contribution in [0.1, 0.15) is 30.9 Å². The third kappa shape index (κ3) is 4.62. The molecule has 0 aromatic carbocycles. The van der Waals surface area contributed by atoms with E-state index in [9.17, 15) is 13.2 Å². The summed E-state index contributed by atoms with van der Waals surface area (Å²) in [5.74, 6) is 0.422. The average molecular weight is 328 g/mol. The largest absolute Gasteiger partial charge is 0.313 e. The van der Waals surface area contributed by atoms with Gasteiger partial charge in [-0.1, -0.05) is 0 Å². The summed E-state index contributed by atoms with van der Waals surface area (Å²) in [6, 6.07) is 1.56. The van der Waals surface area contributed by atoms with E-state index in [0.29, 0.717) is 6.42 Å². The van der Waals surface area contributed by atoms with Crippen LogP contribution in [0.3, 0.4) is 0 Å². The van der Waals surface area contributed by atoms with E-state index in [4.69, 9.17) is 0 Å². The lowest BCUT2D eigenvalue weighted by Gasteiger charge is -2.32. The number of nitrogens with zero attached hydrogens (tertiary/aromatic N) is 3. The second kappa shape index (κ2) is 7.34. The number of H-pyrrole nitrogens is 1. The Labute approximate surface area is 131 Å². The molecule has 7 nitrogen and oxygen atoms in total. The summed E-state index contributed by atoms with van der Waals surface area (Å²) >= 11 is 0. The Morgan fingerprint density at radius 3 is 2.91 bits per heavy atom. The Morgan fingerprint density at radius 1 is 1.45 bits per heavy atom. The molecule has 0 radical (unpaired) electrons. The number of rotatable bonds is 6. The first-order chi connectivity index (χ1) is 10.4. The van der Waals surface area contributed by atoms with Gasteiger partial charge in [0.05, 0.1) is 17.8 Å². The summed E-state index contributed by atoms with van der Waals surface area (Å²) in [7, 11) is -0.000698. The lowest BCUT2D eigenvalue weighted by molar-refractivity contribution is 0.206. The molecule has 1 fully saturated rings. The Hall–Kier alpha value is -1.25. The smallest absolute Gasteiger partial charge is 0.250 e. The zero-order valence-electron chi connectivity index (χ0n) is 13.2. The molecule has 0 aliphatic carbocycles. The second-order valence-electron chi connectivity index (χ2n) is 5.93. The predicted octanol–water partition coefficient (Wildman–Crippen LogP) is 0.231. The molecule has 0 bridgehead atoms. The number of aromatic amines is 1. The van der Waals surface area contributed by atoms with Crippen LogP contribution in [0.2, 0.25) is 0 Å². The van der Waals surface area contributed by atoms with Crippen molar-refractivity contribution in [2.45, 2.75) is 25.2 Å². The topological polar surface area (TPSA) is 86.4 Å². The summed E-state index contributed by atoms with van der Waals surface area (Å²) in [6.45, 7) is 2.56. The molecule has 1 aliphatic rings. The van der Waals surface area contributed by atoms with Gasteiger partial charge in [0.2, 0.25) is 10.0 Å². The van der Waals surface area contributed by atoms with Crippen molar-refractivity contribution in [1.29, 1.82) is 0 Å². The molecule has 2 rings (SSSR count). The first kappa shape index (κ1) is 17.1. The number of aromatic nitrogens is 2. The van der Waals surface area contributed by atoms with Crippen molar-refractivity contribution in [3.8, 4) is 0 Å². The van der Waals surface area contributed by atoms with E-state index in [1.165, 1.54) is 10.6 Å². The van der Waals surface area contributed by atoms with E-state index < -0.39 is 10.0 Å². The number of hydrogen-bond donors (Lipinski definition) is 1. The van der Waals surface area contributed by atoms with Gasteiger partial charge in [0.25, 0.3) is 5.56 Å². The number of piperidine rings is 1. The van der Waals surface area contributed by atoms with E-state index in [0.717, 1.165) is 38.2 Å². The maximum atomic E-state index is 11.8. The van der Waals surface area contributed by atoms with Gasteiger partial charge in [-0.05, 0) is 32.4 Å². The highest BCUT2D eigenvalue weighted by Crippen LogP contribution is 2.24. The zero-order valence-corrected chi connectivity index (χ0v) is 14.0. The van der Waals surface area contributed by atoms with Crippen molar-refractivity contribution in [3.05, 3.63) is 28.4 Å². The lowest BCUT2D eigenvalue weighted by atomic mass is 9.94. The molecule has 0 saturated carbocycles. The van der Waals surface area contributed by atoms with Gasteiger partial charge in [0, 0.05) is 32.6 Å². The maximum Gasteiger partial charge on any atom is 0.250 e. The fraction of sp³-hybridized carbons (Fsp3) is 0.714. The number of likely N-dealkylation sites (tertiary alicyclic amines) is 1. The Kier molecular flexibility index (Phi) is 5.71. The second-order valence-corrected chi connectivity index (χ2v) is 8.23. The Bertz CT molecular complexity index is 641. The predicted molar refractivity (Wildman–Crippen MR) is 85.4 cm³/mol. The van der Waals surface area contributed by atoms with Crippen LogP contribution in [0.4, 0.5) is 0 Å². The van der Waals surface area contributed by atoms with E-state index in [1.807, 2.05) is 0 Å². The van der Waals surface area contributed by atoms with Gasteiger partial charge < -0.3 is 9.88 Å². The molecule has 0 unspecified atom stereocenters. The first-order valence-corrected chi connectivity index (χ1v) is 9.16. The molecule has 1 aliphatic heterocycles. The fourth-order valence-corrected chi connectivity index (χ4v) is 3.62.